The molecule has 1 unspecified atom stereocenters. The molecule has 0 aliphatic rings. The summed E-state index contributed by atoms with van der Waals surface area (Å²) in [6.45, 7) is 0. The van der Waals surface area contributed by atoms with Crippen molar-refractivity contribution in [3.05, 3.63) is 76.0 Å². The summed E-state index contributed by atoms with van der Waals surface area (Å²) in [6, 6.07) is 12.8. The zero-order chi connectivity index (χ0) is 14.1. The number of fused-ring (bicyclic) bond motifs is 1. The summed E-state index contributed by atoms with van der Waals surface area (Å²) in [6.07, 6.45) is 2.72. The van der Waals surface area contributed by atoms with Gasteiger partial charge < -0.3 is 5.11 Å². The highest BCUT2D eigenvalue weighted by Gasteiger charge is 2.14. The molecule has 1 N–H and O–H groups in total. The summed E-state index contributed by atoms with van der Waals surface area (Å²) in [5, 5.41) is 13.4. The van der Waals surface area contributed by atoms with Gasteiger partial charge in [0, 0.05) is 17.8 Å². The van der Waals surface area contributed by atoms with E-state index >= 15 is 0 Å². The van der Waals surface area contributed by atoms with E-state index in [4.69, 9.17) is 23.2 Å². The quantitative estimate of drug-likeness (QED) is 0.749. The Kier molecular flexibility index (Phi) is 3.62. The van der Waals surface area contributed by atoms with Crippen LogP contribution < -0.4 is 0 Å². The predicted molar refractivity (Wildman–Crippen MR) is 82.3 cm³/mol. The fourth-order valence-corrected chi connectivity index (χ4v) is 2.54. The van der Waals surface area contributed by atoms with Crippen molar-refractivity contribution >= 4 is 34.0 Å². The first-order valence-electron chi connectivity index (χ1n) is 6.12. The van der Waals surface area contributed by atoms with Crippen LogP contribution in [0.1, 0.15) is 17.2 Å². The molecule has 2 nitrogen and oxygen atoms in total. The predicted octanol–water partition coefficient (Wildman–Crippen LogP) is 4.62. The van der Waals surface area contributed by atoms with E-state index in [2.05, 4.69) is 4.98 Å². The van der Waals surface area contributed by atoms with Gasteiger partial charge in [0.25, 0.3) is 0 Å². The van der Waals surface area contributed by atoms with Crippen LogP contribution in [0.15, 0.2) is 54.9 Å². The van der Waals surface area contributed by atoms with Gasteiger partial charge in [-0.3, -0.25) is 4.98 Å². The number of pyridine rings is 1. The summed E-state index contributed by atoms with van der Waals surface area (Å²) < 4.78 is 0. The number of halogens is 2. The summed E-state index contributed by atoms with van der Waals surface area (Å²) in [5.41, 5.74) is 1.50. The Balaban J connectivity index is 2.12. The average Bonchev–Trinajstić information content (AvgIpc) is 2.49. The first-order chi connectivity index (χ1) is 9.66. The Morgan fingerprint density at radius 3 is 2.65 bits per heavy atom. The van der Waals surface area contributed by atoms with Crippen molar-refractivity contribution < 1.29 is 5.11 Å². The Hall–Kier alpha value is -1.61. The number of benzene rings is 2. The first-order valence-corrected chi connectivity index (χ1v) is 6.88. The minimum Gasteiger partial charge on any atom is -0.384 e. The SMILES string of the molecule is OC(c1ccc(Cl)c(Cl)c1)c1cccc2ccncc12. The monoisotopic (exact) mass is 303 g/mol. The highest BCUT2D eigenvalue weighted by atomic mass is 35.5. The van der Waals surface area contributed by atoms with Crippen LogP contribution in [0.4, 0.5) is 0 Å². The van der Waals surface area contributed by atoms with Crippen molar-refractivity contribution in [1.29, 1.82) is 0 Å². The van der Waals surface area contributed by atoms with Gasteiger partial charge in [-0.25, -0.2) is 0 Å². The second kappa shape index (κ2) is 5.41. The van der Waals surface area contributed by atoms with Gasteiger partial charge in [-0.2, -0.15) is 0 Å². The fourth-order valence-electron chi connectivity index (χ4n) is 2.24. The largest absolute Gasteiger partial charge is 0.384 e. The zero-order valence-electron chi connectivity index (χ0n) is 10.4. The molecule has 0 fully saturated rings. The summed E-state index contributed by atoms with van der Waals surface area (Å²) >= 11 is 11.9. The molecular weight excluding hydrogens is 293 g/mol. The molecule has 3 aromatic rings. The zero-order valence-corrected chi connectivity index (χ0v) is 11.9. The Bertz CT molecular complexity index is 768. The molecule has 20 heavy (non-hydrogen) atoms. The average molecular weight is 304 g/mol. The third-order valence-electron chi connectivity index (χ3n) is 3.27. The molecular formula is C16H11Cl2NO. The van der Waals surface area contributed by atoms with Crippen LogP contribution >= 0.6 is 23.2 Å². The third-order valence-corrected chi connectivity index (χ3v) is 4.01. The third kappa shape index (κ3) is 2.38. The van der Waals surface area contributed by atoms with Crippen molar-refractivity contribution in [2.75, 3.05) is 0 Å². The maximum atomic E-state index is 10.6. The maximum absolute atomic E-state index is 10.6. The van der Waals surface area contributed by atoms with Crippen LogP contribution in [0.5, 0.6) is 0 Å². The second-order valence-corrected chi connectivity index (χ2v) is 5.33. The number of aliphatic hydroxyl groups excluding tert-OH is 1. The van der Waals surface area contributed by atoms with Crippen LogP contribution in [0, 0.1) is 0 Å². The molecule has 0 saturated heterocycles. The molecule has 2 aromatic carbocycles. The van der Waals surface area contributed by atoms with Gasteiger partial charge in [-0.15, -0.1) is 0 Å². The van der Waals surface area contributed by atoms with E-state index in [0.29, 0.717) is 15.6 Å². The fraction of sp³-hybridized carbons (Fsp3) is 0.0625. The Labute approximate surface area is 126 Å². The molecule has 0 amide bonds. The van der Waals surface area contributed by atoms with E-state index in [1.54, 1.807) is 30.6 Å². The molecule has 0 spiro atoms. The van der Waals surface area contributed by atoms with Crippen LogP contribution in [-0.2, 0) is 0 Å². The summed E-state index contributed by atoms with van der Waals surface area (Å²) in [7, 11) is 0. The molecule has 4 heteroatoms. The summed E-state index contributed by atoms with van der Waals surface area (Å²) in [5.74, 6) is 0. The van der Waals surface area contributed by atoms with Gasteiger partial charge in [0.15, 0.2) is 0 Å². The van der Waals surface area contributed by atoms with E-state index in [-0.39, 0.29) is 0 Å². The van der Waals surface area contributed by atoms with Gasteiger partial charge in [0.2, 0.25) is 0 Å². The second-order valence-electron chi connectivity index (χ2n) is 4.52. The molecule has 100 valence electrons. The lowest BCUT2D eigenvalue weighted by atomic mass is 9.97. The van der Waals surface area contributed by atoms with E-state index in [0.717, 1.165) is 16.3 Å². The van der Waals surface area contributed by atoms with Gasteiger partial charge >= 0.3 is 0 Å². The Morgan fingerprint density at radius 1 is 1.00 bits per heavy atom. The topological polar surface area (TPSA) is 33.1 Å². The van der Waals surface area contributed by atoms with E-state index in [1.807, 2.05) is 24.3 Å². The number of aromatic nitrogens is 1. The lowest BCUT2D eigenvalue weighted by Gasteiger charge is -2.14. The normalized spacial score (nSPS) is 12.6. The standard InChI is InChI=1S/C16H11Cl2NO/c17-14-5-4-11(8-15(14)18)16(20)12-3-1-2-10-6-7-19-9-13(10)12/h1-9,16,20H. The molecule has 0 aliphatic carbocycles. The van der Waals surface area contributed by atoms with Crippen LogP contribution in [0.25, 0.3) is 10.8 Å². The van der Waals surface area contributed by atoms with Crippen molar-refractivity contribution in [2.45, 2.75) is 6.10 Å². The van der Waals surface area contributed by atoms with Gasteiger partial charge in [-0.05, 0) is 34.7 Å². The van der Waals surface area contributed by atoms with Crippen LogP contribution in [0.3, 0.4) is 0 Å². The van der Waals surface area contributed by atoms with Crippen molar-refractivity contribution in [2.24, 2.45) is 0 Å². The lowest BCUT2D eigenvalue weighted by molar-refractivity contribution is 0.222. The number of aliphatic hydroxyl groups is 1. The van der Waals surface area contributed by atoms with E-state index < -0.39 is 6.10 Å². The first kappa shape index (κ1) is 13.4. The molecule has 0 bridgehead atoms. The van der Waals surface area contributed by atoms with Crippen molar-refractivity contribution in [3.8, 4) is 0 Å². The Morgan fingerprint density at radius 2 is 1.85 bits per heavy atom. The van der Waals surface area contributed by atoms with Crippen molar-refractivity contribution in [3.63, 3.8) is 0 Å². The molecule has 0 radical (unpaired) electrons. The van der Waals surface area contributed by atoms with Gasteiger partial charge in [0.05, 0.1) is 10.0 Å². The molecule has 0 aliphatic heterocycles. The number of rotatable bonds is 2. The highest BCUT2D eigenvalue weighted by Crippen LogP contribution is 2.31. The molecule has 0 saturated carbocycles. The number of hydrogen-bond donors (Lipinski definition) is 1. The maximum Gasteiger partial charge on any atom is 0.105 e. The number of nitrogens with zero attached hydrogens (tertiary/aromatic N) is 1. The van der Waals surface area contributed by atoms with Crippen LogP contribution in [-0.4, -0.2) is 10.1 Å². The molecule has 1 atom stereocenters. The van der Waals surface area contributed by atoms with E-state index in [1.165, 1.54) is 0 Å². The van der Waals surface area contributed by atoms with E-state index in [9.17, 15) is 5.11 Å². The minimum atomic E-state index is -0.766. The lowest BCUT2D eigenvalue weighted by Crippen LogP contribution is -2.00. The minimum absolute atomic E-state index is 0.432. The summed E-state index contributed by atoms with van der Waals surface area (Å²) in [4.78, 5) is 4.12. The van der Waals surface area contributed by atoms with Gasteiger partial charge in [-0.1, -0.05) is 47.5 Å². The highest BCUT2D eigenvalue weighted by molar-refractivity contribution is 6.42. The van der Waals surface area contributed by atoms with Crippen molar-refractivity contribution in [1.82, 2.24) is 4.98 Å². The molecule has 1 aromatic heterocycles. The molecule has 1 heterocycles. The smallest absolute Gasteiger partial charge is 0.105 e. The number of hydrogen-bond acceptors (Lipinski definition) is 2. The molecule has 3 rings (SSSR count). The van der Waals surface area contributed by atoms with Gasteiger partial charge in [0.1, 0.15) is 6.10 Å². The van der Waals surface area contributed by atoms with Crippen LogP contribution in [0.2, 0.25) is 10.0 Å².